The second-order valence-corrected chi connectivity index (χ2v) is 7.07. The first-order valence-corrected chi connectivity index (χ1v) is 7.63. The Labute approximate surface area is 108 Å². The standard InChI is InChI=1S/C12H19N3O2S/c1-15(2)18(16,17)9-10-7-13-8-11(10)12-5-3-4-6-14-12/h3-6,10-11,13H,7-9H2,1-2H3. The van der Waals surface area contributed by atoms with Gasteiger partial charge in [0.05, 0.1) is 5.75 Å². The van der Waals surface area contributed by atoms with Gasteiger partial charge in [-0.05, 0) is 24.6 Å². The second kappa shape index (κ2) is 5.34. The van der Waals surface area contributed by atoms with Crippen LogP contribution in [0.2, 0.25) is 0 Å². The van der Waals surface area contributed by atoms with Gasteiger partial charge in [-0.15, -0.1) is 0 Å². The molecule has 0 amide bonds. The molecule has 0 aromatic carbocycles. The molecule has 0 aliphatic carbocycles. The van der Waals surface area contributed by atoms with Gasteiger partial charge >= 0.3 is 0 Å². The first kappa shape index (κ1) is 13.5. The molecule has 18 heavy (non-hydrogen) atoms. The van der Waals surface area contributed by atoms with E-state index < -0.39 is 10.0 Å². The van der Waals surface area contributed by atoms with Gasteiger partial charge in [0.2, 0.25) is 10.0 Å². The molecule has 1 aliphatic rings. The van der Waals surface area contributed by atoms with Crippen LogP contribution in [0.4, 0.5) is 0 Å². The van der Waals surface area contributed by atoms with Crippen molar-refractivity contribution in [3.63, 3.8) is 0 Å². The summed E-state index contributed by atoms with van der Waals surface area (Å²) in [5.41, 5.74) is 0.974. The van der Waals surface area contributed by atoms with Crippen molar-refractivity contribution in [1.29, 1.82) is 0 Å². The number of sulfonamides is 1. The van der Waals surface area contributed by atoms with Gasteiger partial charge in [0.1, 0.15) is 0 Å². The fourth-order valence-corrected chi connectivity index (χ4v) is 3.46. The molecule has 2 rings (SSSR count). The van der Waals surface area contributed by atoms with Gasteiger partial charge in [0.25, 0.3) is 0 Å². The highest BCUT2D eigenvalue weighted by Gasteiger charge is 2.33. The lowest BCUT2D eigenvalue weighted by molar-refractivity contribution is 0.489. The molecule has 0 bridgehead atoms. The first-order chi connectivity index (χ1) is 8.50. The Balaban J connectivity index is 2.14. The minimum Gasteiger partial charge on any atom is -0.316 e. The van der Waals surface area contributed by atoms with Gasteiger partial charge < -0.3 is 5.32 Å². The fraction of sp³-hybridized carbons (Fsp3) is 0.583. The van der Waals surface area contributed by atoms with Crippen LogP contribution in [0.3, 0.4) is 0 Å². The van der Waals surface area contributed by atoms with E-state index in [-0.39, 0.29) is 17.6 Å². The normalized spacial score (nSPS) is 24.6. The van der Waals surface area contributed by atoms with Crippen molar-refractivity contribution in [2.75, 3.05) is 32.9 Å². The summed E-state index contributed by atoms with van der Waals surface area (Å²) in [4.78, 5) is 4.34. The fourth-order valence-electron chi connectivity index (χ4n) is 2.27. The van der Waals surface area contributed by atoms with Gasteiger partial charge in [-0.3, -0.25) is 4.98 Å². The zero-order chi connectivity index (χ0) is 13.2. The smallest absolute Gasteiger partial charge is 0.213 e. The van der Waals surface area contributed by atoms with Crippen LogP contribution in [0.1, 0.15) is 11.6 Å². The van der Waals surface area contributed by atoms with Crippen LogP contribution in [-0.4, -0.2) is 50.6 Å². The molecule has 0 spiro atoms. The average molecular weight is 269 g/mol. The predicted molar refractivity (Wildman–Crippen MR) is 70.8 cm³/mol. The Morgan fingerprint density at radius 3 is 2.78 bits per heavy atom. The van der Waals surface area contributed by atoms with Crippen LogP contribution in [-0.2, 0) is 10.0 Å². The molecule has 2 heterocycles. The highest BCUT2D eigenvalue weighted by molar-refractivity contribution is 7.89. The maximum absolute atomic E-state index is 11.9. The Morgan fingerprint density at radius 1 is 1.39 bits per heavy atom. The molecule has 1 aromatic heterocycles. The van der Waals surface area contributed by atoms with Gasteiger partial charge in [0.15, 0.2) is 0 Å². The maximum atomic E-state index is 11.9. The minimum absolute atomic E-state index is 0.0901. The number of nitrogens with zero attached hydrogens (tertiary/aromatic N) is 2. The van der Waals surface area contributed by atoms with E-state index in [1.54, 1.807) is 20.3 Å². The topological polar surface area (TPSA) is 62.3 Å². The SMILES string of the molecule is CN(C)S(=O)(=O)CC1CNCC1c1ccccn1. The molecule has 5 nitrogen and oxygen atoms in total. The molecule has 6 heteroatoms. The maximum Gasteiger partial charge on any atom is 0.213 e. The van der Waals surface area contributed by atoms with Crippen molar-refractivity contribution in [3.8, 4) is 0 Å². The Hall–Kier alpha value is -0.980. The molecule has 2 unspecified atom stereocenters. The number of rotatable bonds is 4. The zero-order valence-electron chi connectivity index (χ0n) is 10.7. The van der Waals surface area contributed by atoms with E-state index in [1.165, 1.54) is 4.31 Å². The lowest BCUT2D eigenvalue weighted by atomic mass is 9.94. The van der Waals surface area contributed by atoms with E-state index in [2.05, 4.69) is 10.3 Å². The Kier molecular flexibility index (Phi) is 3.99. The van der Waals surface area contributed by atoms with Crippen LogP contribution in [0.5, 0.6) is 0 Å². The molecular formula is C12H19N3O2S. The second-order valence-electron chi connectivity index (χ2n) is 4.84. The summed E-state index contributed by atoms with van der Waals surface area (Å²) in [5.74, 6) is 0.446. The number of hydrogen-bond acceptors (Lipinski definition) is 4. The van der Waals surface area contributed by atoms with Crippen molar-refractivity contribution in [2.45, 2.75) is 5.92 Å². The molecule has 0 saturated carbocycles. The van der Waals surface area contributed by atoms with E-state index in [0.29, 0.717) is 0 Å². The summed E-state index contributed by atoms with van der Waals surface area (Å²) in [5, 5.41) is 3.26. The summed E-state index contributed by atoms with van der Waals surface area (Å²) in [7, 11) is -0.00323. The lowest BCUT2D eigenvalue weighted by Gasteiger charge is -2.20. The van der Waals surface area contributed by atoms with Crippen molar-refractivity contribution in [1.82, 2.24) is 14.6 Å². The summed E-state index contributed by atoms with van der Waals surface area (Å²) < 4.78 is 25.2. The monoisotopic (exact) mass is 269 g/mol. The van der Waals surface area contributed by atoms with E-state index in [0.717, 1.165) is 18.8 Å². The predicted octanol–water partition coefficient (Wildman–Crippen LogP) is 0.276. The van der Waals surface area contributed by atoms with E-state index in [4.69, 9.17) is 0 Å². The number of nitrogens with one attached hydrogen (secondary N) is 1. The largest absolute Gasteiger partial charge is 0.316 e. The molecule has 1 aliphatic heterocycles. The van der Waals surface area contributed by atoms with Crippen molar-refractivity contribution in [3.05, 3.63) is 30.1 Å². The van der Waals surface area contributed by atoms with Crippen molar-refractivity contribution in [2.24, 2.45) is 5.92 Å². The van der Waals surface area contributed by atoms with Gasteiger partial charge in [-0.2, -0.15) is 0 Å². The minimum atomic E-state index is -3.16. The lowest BCUT2D eigenvalue weighted by Crippen LogP contribution is -2.31. The summed E-state index contributed by atoms with van der Waals surface area (Å²) >= 11 is 0. The summed E-state index contributed by atoms with van der Waals surface area (Å²) in [6.07, 6.45) is 1.76. The molecule has 1 saturated heterocycles. The Morgan fingerprint density at radius 2 is 2.17 bits per heavy atom. The molecule has 0 radical (unpaired) electrons. The van der Waals surface area contributed by atoms with Crippen LogP contribution >= 0.6 is 0 Å². The van der Waals surface area contributed by atoms with E-state index >= 15 is 0 Å². The van der Waals surface area contributed by atoms with E-state index in [1.807, 2.05) is 18.2 Å². The highest BCUT2D eigenvalue weighted by atomic mass is 32.2. The molecular weight excluding hydrogens is 250 g/mol. The highest BCUT2D eigenvalue weighted by Crippen LogP contribution is 2.28. The third-order valence-electron chi connectivity index (χ3n) is 3.39. The zero-order valence-corrected chi connectivity index (χ0v) is 11.5. The van der Waals surface area contributed by atoms with Crippen LogP contribution in [0.25, 0.3) is 0 Å². The molecule has 1 aromatic rings. The molecule has 1 fully saturated rings. The van der Waals surface area contributed by atoms with Gasteiger partial charge in [0, 0.05) is 38.4 Å². The summed E-state index contributed by atoms with van der Waals surface area (Å²) in [6, 6.07) is 5.78. The van der Waals surface area contributed by atoms with E-state index in [9.17, 15) is 8.42 Å². The van der Waals surface area contributed by atoms with Crippen LogP contribution in [0.15, 0.2) is 24.4 Å². The average Bonchev–Trinajstić information content (AvgIpc) is 2.77. The summed E-state index contributed by atoms with van der Waals surface area (Å²) in [6.45, 7) is 1.53. The van der Waals surface area contributed by atoms with Gasteiger partial charge in [-0.1, -0.05) is 6.07 Å². The molecule has 2 atom stereocenters. The number of pyridine rings is 1. The van der Waals surface area contributed by atoms with Crippen molar-refractivity contribution >= 4 is 10.0 Å². The number of hydrogen-bond donors (Lipinski definition) is 1. The Bertz CT molecular complexity index is 487. The number of aromatic nitrogens is 1. The first-order valence-electron chi connectivity index (χ1n) is 6.02. The van der Waals surface area contributed by atoms with Crippen LogP contribution < -0.4 is 5.32 Å². The third-order valence-corrected chi connectivity index (χ3v) is 5.35. The van der Waals surface area contributed by atoms with Crippen LogP contribution in [0, 0.1) is 5.92 Å². The molecule has 100 valence electrons. The van der Waals surface area contributed by atoms with Gasteiger partial charge in [-0.25, -0.2) is 12.7 Å². The quantitative estimate of drug-likeness (QED) is 0.852. The van der Waals surface area contributed by atoms with Crippen molar-refractivity contribution < 1.29 is 8.42 Å². The molecule has 1 N–H and O–H groups in total. The third kappa shape index (κ3) is 2.88.